The Bertz CT molecular complexity index is 1300. The topological polar surface area (TPSA) is 93.2 Å². The van der Waals surface area contributed by atoms with Gasteiger partial charge in [0, 0.05) is 34.7 Å². The number of para-hydroxylation sites is 1. The van der Waals surface area contributed by atoms with Crippen LogP contribution in [0.1, 0.15) is 31.1 Å². The molecule has 0 saturated heterocycles. The SMILES string of the molecule is CC(C)(C)OC(=O)Nc1ccc(NC(=O)c2cc(-c3cccnc3)nc3ccccc23)cc1. The summed E-state index contributed by atoms with van der Waals surface area (Å²) < 4.78 is 5.25. The van der Waals surface area contributed by atoms with Crippen LogP contribution in [0.25, 0.3) is 22.2 Å². The van der Waals surface area contributed by atoms with Crippen LogP contribution in [0.2, 0.25) is 0 Å². The molecule has 0 spiro atoms. The molecule has 0 aliphatic heterocycles. The molecule has 0 fully saturated rings. The normalized spacial score (nSPS) is 11.1. The standard InChI is InChI=1S/C26H24N4O3/c1-26(2,3)33-25(32)29-19-12-10-18(11-13-19)28-24(31)21-15-23(17-7-6-14-27-16-17)30-22-9-5-4-8-20(21)22/h4-16H,1-3H3,(H,28,31)(H,29,32). The maximum absolute atomic E-state index is 13.2. The van der Waals surface area contributed by atoms with Crippen LogP contribution in [0.5, 0.6) is 0 Å². The third kappa shape index (κ3) is 5.51. The van der Waals surface area contributed by atoms with Gasteiger partial charge in [0.1, 0.15) is 5.60 Å². The third-order valence-electron chi connectivity index (χ3n) is 4.71. The lowest BCUT2D eigenvalue weighted by Crippen LogP contribution is -2.27. The van der Waals surface area contributed by atoms with Crippen LogP contribution >= 0.6 is 0 Å². The molecular weight excluding hydrogens is 416 g/mol. The molecule has 2 N–H and O–H groups in total. The van der Waals surface area contributed by atoms with Gasteiger partial charge >= 0.3 is 6.09 Å². The van der Waals surface area contributed by atoms with Crippen LogP contribution < -0.4 is 10.6 Å². The lowest BCUT2D eigenvalue weighted by Gasteiger charge is -2.19. The van der Waals surface area contributed by atoms with E-state index in [-0.39, 0.29) is 5.91 Å². The smallest absolute Gasteiger partial charge is 0.412 e. The number of carbonyl (C=O) groups excluding carboxylic acids is 2. The molecular formula is C26H24N4O3. The zero-order valence-corrected chi connectivity index (χ0v) is 18.6. The first-order chi connectivity index (χ1) is 15.8. The fourth-order valence-electron chi connectivity index (χ4n) is 3.28. The van der Waals surface area contributed by atoms with Gasteiger partial charge in [-0.1, -0.05) is 18.2 Å². The molecule has 2 aromatic carbocycles. The van der Waals surface area contributed by atoms with Gasteiger partial charge in [0.15, 0.2) is 0 Å². The van der Waals surface area contributed by atoms with Gasteiger partial charge in [-0.3, -0.25) is 15.1 Å². The lowest BCUT2D eigenvalue weighted by atomic mass is 10.0. The summed E-state index contributed by atoms with van der Waals surface area (Å²) in [5, 5.41) is 6.35. The molecule has 7 heteroatoms. The Kier molecular flexibility index (Phi) is 6.04. The van der Waals surface area contributed by atoms with E-state index in [2.05, 4.69) is 20.6 Å². The Morgan fingerprint density at radius 2 is 1.58 bits per heavy atom. The maximum Gasteiger partial charge on any atom is 0.412 e. The number of rotatable bonds is 4. The van der Waals surface area contributed by atoms with Crippen molar-refractivity contribution in [2.45, 2.75) is 26.4 Å². The van der Waals surface area contributed by atoms with Gasteiger partial charge in [-0.15, -0.1) is 0 Å². The fraction of sp³-hybridized carbons (Fsp3) is 0.154. The van der Waals surface area contributed by atoms with Crippen molar-refractivity contribution in [2.75, 3.05) is 10.6 Å². The highest BCUT2D eigenvalue weighted by Crippen LogP contribution is 2.25. The highest BCUT2D eigenvalue weighted by molar-refractivity contribution is 6.13. The van der Waals surface area contributed by atoms with Crippen LogP contribution in [0.3, 0.4) is 0 Å². The number of hydrogen-bond acceptors (Lipinski definition) is 5. The zero-order chi connectivity index (χ0) is 23.4. The molecule has 0 aliphatic rings. The monoisotopic (exact) mass is 440 g/mol. The van der Waals surface area contributed by atoms with E-state index < -0.39 is 11.7 Å². The minimum absolute atomic E-state index is 0.258. The predicted octanol–water partition coefficient (Wildman–Crippen LogP) is 5.90. The summed E-state index contributed by atoms with van der Waals surface area (Å²) >= 11 is 0. The number of fused-ring (bicyclic) bond motifs is 1. The molecule has 2 aromatic heterocycles. The van der Waals surface area contributed by atoms with Crippen LogP contribution in [0.15, 0.2) is 79.1 Å². The van der Waals surface area contributed by atoms with Gasteiger partial charge in [-0.25, -0.2) is 9.78 Å². The molecule has 7 nitrogen and oxygen atoms in total. The first kappa shape index (κ1) is 22.0. The Labute approximate surface area is 191 Å². The second-order valence-corrected chi connectivity index (χ2v) is 8.47. The summed E-state index contributed by atoms with van der Waals surface area (Å²) in [5.41, 5.74) is 3.31. The first-order valence-electron chi connectivity index (χ1n) is 10.5. The number of hydrogen-bond donors (Lipinski definition) is 2. The van der Waals surface area contributed by atoms with Crippen LogP contribution in [0, 0.1) is 0 Å². The van der Waals surface area contributed by atoms with Crippen molar-refractivity contribution in [3.05, 3.63) is 84.7 Å². The number of benzene rings is 2. The minimum Gasteiger partial charge on any atom is -0.444 e. The number of nitrogens with one attached hydrogen (secondary N) is 2. The number of ether oxygens (including phenoxy) is 1. The van der Waals surface area contributed by atoms with E-state index in [0.717, 1.165) is 16.5 Å². The second-order valence-electron chi connectivity index (χ2n) is 8.47. The van der Waals surface area contributed by atoms with Crippen molar-refractivity contribution < 1.29 is 14.3 Å². The average Bonchev–Trinajstić information content (AvgIpc) is 2.79. The van der Waals surface area contributed by atoms with E-state index in [0.29, 0.717) is 22.6 Å². The Morgan fingerprint density at radius 3 is 2.24 bits per heavy atom. The third-order valence-corrected chi connectivity index (χ3v) is 4.71. The molecule has 4 rings (SSSR count). The van der Waals surface area contributed by atoms with Gasteiger partial charge in [-0.2, -0.15) is 0 Å². The van der Waals surface area contributed by atoms with Gasteiger partial charge in [0.2, 0.25) is 0 Å². The zero-order valence-electron chi connectivity index (χ0n) is 18.6. The van der Waals surface area contributed by atoms with E-state index in [1.807, 2.05) is 36.4 Å². The number of anilines is 2. The Hall–Kier alpha value is -4.26. The molecule has 0 aliphatic carbocycles. The van der Waals surface area contributed by atoms with Crippen LogP contribution in [0.4, 0.5) is 16.2 Å². The van der Waals surface area contributed by atoms with E-state index in [1.54, 1.807) is 63.5 Å². The van der Waals surface area contributed by atoms with Gasteiger partial charge in [0.05, 0.1) is 16.8 Å². The Balaban J connectivity index is 1.56. The summed E-state index contributed by atoms with van der Waals surface area (Å²) in [6, 6.07) is 19.9. The highest BCUT2D eigenvalue weighted by atomic mass is 16.6. The number of nitrogens with zero attached hydrogens (tertiary/aromatic N) is 2. The average molecular weight is 441 g/mol. The van der Waals surface area contributed by atoms with E-state index >= 15 is 0 Å². The fourth-order valence-corrected chi connectivity index (χ4v) is 3.28. The van der Waals surface area contributed by atoms with Crippen molar-refractivity contribution in [2.24, 2.45) is 0 Å². The summed E-state index contributed by atoms with van der Waals surface area (Å²) in [6.45, 7) is 5.40. The molecule has 0 radical (unpaired) electrons. The van der Waals surface area contributed by atoms with Gasteiger partial charge in [0.25, 0.3) is 5.91 Å². The largest absolute Gasteiger partial charge is 0.444 e. The molecule has 2 amide bonds. The van der Waals surface area contributed by atoms with Crippen molar-refractivity contribution in [3.8, 4) is 11.3 Å². The molecule has 2 heterocycles. The number of aromatic nitrogens is 2. The van der Waals surface area contributed by atoms with Crippen molar-refractivity contribution >= 4 is 34.3 Å². The molecule has 0 unspecified atom stereocenters. The van der Waals surface area contributed by atoms with Gasteiger partial charge < -0.3 is 10.1 Å². The summed E-state index contributed by atoms with van der Waals surface area (Å²) in [6.07, 6.45) is 2.87. The molecule has 33 heavy (non-hydrogen) atoms. The molecule has 4 aromatic rings. The van der Waals surface area contributed by atoms with Crippen LogP contribution in [-0.2, 0) is 4.74 Å². The predicted molar refractivity (Wildman–Crippen MR) is 129 cm³/mol. The molecule has 0 saturated carbocycles. The lowest BCUT2D eigenvalue weighted by molar-refractivity contribution is 0.0635. The summed E-state index contributed by atoms with van der Waals surface area (Å²) in [7, 11) is 0. The quantitative estimate of drug-likeness (QED) is 0.412. The number of amides is 2. The van der Waals surface area contributed by atoms with Crippen molar-refractivity contribution in [1.82, 2.24) is 9.97 Å². The van der Waals surface area contributed by atoms with Crippen molar-refractivity contribution in [3.63, 3.8) is 0 Å². The van der Waals surface area contributed by atoms with Crippen LogP contribution in [-0.4, -0.2) is 27.6 Å². The molecule has 166 valence electrons. The first-order valence-corrected chi connectivity index (χ1v) is 10.5. The van der Waals surface area contributed by atoms with E-state index in [1.165, 1.54) is 0 Å². The molecule has 0 bridgehead atoms. The molecule has 0 atom stereocenters. The number of pyridine rings is 2. The maximum atomic E-state index is 13.2. The summed E-state index contributed by atoms with van der Waals surface area (Å²) in [5.74, 6) is -0.258. The minimum atomic E-state index is -0.583. The van der Waals surface area contributed by atoms with Gasteiger partial charge in [-0.05, 0) is 69.3 Å². The van der Waals surface area contributed by atoms with E-state index in [9.17, 15) is 9.59 Å². The second kappa shape index (κ2) is 9.08. The highest BCUT2D eigenvalue weighted by Gasteiger charge is 2.17. The Morgan fingerprint density at radius 1 is 0.879 bits per heavy atom. The number of carbonyl (C=O) groups is 2. The van der Waals surface area contributed by atoms with E-state index in [4.69, 9.17) is 4.74 Å². The van der Waals surface area contributed by atoms with Crippen molar-refractivity contribution in [1.29, 1.82) is 0 Å². The summed E-state index contributed by atoms with van der Waals surface area (Å²) in [4.78, 5) is 34.0.